The molecule has 0 spiro atoms. The molecule has 15 heavy (non-hydrogen) atoms. The van der Waals surface area contributed by atoms with Crippen LogP contribution in [0.3, 0.4) is 0 Å². The number of hydrogen-bond acceptors (Lipinski definition) is 3. The van der Waals surface area contributed by atoms with Crippen molar-refractivity contribution < 1.29 is 14.6 Å². The molecule has 0 radical (unpaired) electrons. The first-order valence-electron chi connectivity index (χ1n) is 4.11. The lowest BCUT2D eigenvalue weighted by molar-refractivity contribution is 0.0595. The molecule has 0 unspecified atom stereocenters. The molecule has 0 saturated heterocycles. The highest BCUT2D eigenvalue weighted by Crippen LogP contribution is 2.20. The zero-order chi connectivity index (χ0) is 10.1. The van der Waals surface area contributed by atoms with Crippen molar-refractivity contribution in [2.75, 3.05) is 7.11 Å². The van der Waals surface area contributed by atoms with E-state index in [1.54, 1.807) is 24.3 Å². The quantitative estimate of drug-likeness (QED) is 0.705. The molecule has 4 heteroatoms. The first kappa shape index (κ1) is 11.1. The molecule has 1 aromatic carbocycles. The number of hydrogen-bond donors (Lipinski definition) is 2. The summed E-state index contributed by atoms with van der Waals surface area (Å²) >= 11 is 0. The number of aromatic hydroxyl groups is 1. The molecule has 0 aliphatic heterocycles. The van der Waals surface area contributed by atoms with Crippen LogP contribution in [0.25, 0.3) is 10.9 Å². The first-order chi connectivity index (χ1) is 6.70. The van der Waals surface area contributed by atoms with Crippen molar-refractivity contribution in [2.45, 2.75) is 7.43 Å². The number of carbonyl (C=O) groups is 1. The number of nitrogens with one attached hydrogen (secondary N) is 1. The summed E-state index contributed by atoms with van der Waals surface area (Å²) in [7, 11) is 1.32. The molecule has 2 rings (SSSR count). The van der Waals surface area contributed by atoms with Crippen LogP contribution in [0, 0.1) is 0 Å². The summed E-state index contributed by atoms with van der Waals surface area (Å²) in [6.07, 6.45) is 0. The van der Waals surface area contributed by atoms with Crippen molar-refractivity contribution in [3.05, 3.63) is 30.0 Å². The summed E-state index contributed by atoms with van der Waals surface area (Å²) in [6, 6.07) is 6.48. The number of carbonyl (C=O) groups excluding carboxylic acids is 1. The van der Waals surface area contributed by atoms with Crippen LogP contribution in [0.5, 0.6) is 5.75 Å². The van der Waals surface area contributed by atoms with E-state index in [1.807, 2.05) is 0 Å². The van der Waals surface area contributed by atoms with E-state index in [4.69, 9.17) is 0 Å². The summed E-state index contributed by atoms with van der Waals surface area (Å²) in [4.78, 5) is 14.0. The summed E-state index contributed by atoms with van der Waals surface area (Å²) in [5.41, 5.74) is 1.18. The van der Waals surface area contributed by atoms with E-state index >= 15 is 0 Å². The third kappa shape index (κ3) is 1.93. The summed E-state index contributed by atoms with van der Waals surface area (Å²) in [5, 5.41) is 9.99. The van der Waals surface area contributed by atoms with E-state index in [-0.39, 0.29) is 13.2 Å². The number of aromatic amines is 1. The number of phenols is 1. The number of aromatic nitrogens is 1. The Balaban J connectivity index is 0.00000112. The van der Waals surface area contributed by atoms with Crippen LogP contribution in [0.4, 0.5) is 0 Å². The van der Waals surface area contributed by atoms with Crippen LogP contribution in [0.1, 0.15) is 17.9 Å². The molecule has 0 bridgehead atoms. The lowest BCUT2D eigenvalue weighted by Gasteiger charge is -1.92. The lowest BCUT2D eigenvalue weighted by Crippen LogP contribution is -2.00. The average molecular weight is 207 g/mol. The summed E-state index contributed by atoms with van der Waals surface area (Å²) in [6.45, 7) is 0. The molecule has 0 aliphatic carbocycles. The van der Waals surface area contributed by atoms with Gasteiger partial charge < -0.3 is 14.8 Å². The zero-order valence-electron chi connectivity index (χ0n) is 7.57. The van der Waals surface area contributed by atoms with E-state index in [9.17, 15) is 9.90 Å². The molecule has 2 aromatic rings. The third-order valence-electron chi connectivity index (χ3n) is 2.01. The monoisotopic (exact) mass is 207 g/mol. The van der Waals surface area contributed by atoms with Gasteiger partial charge in [-0.2, -0.15) is 0 Å². The third-order valence-corrected chi connectivity index (χ3v) is 2.01. The van der Waals surface area contributed by atoms with Gasteiger partial charge in [0.05, 0.1) is 7.11 Å². The second-order valence-electron chi connectivity index (χ2n) is 2.95. The van der Waals surface area contributed by atoms with E-state index < -0.39 is 5.97 Å². The number of fused-ring (bicyclic) bond motifs is 1. The highest BCUT2D eigenvalue weighted by molar-refractivity contribution is 5.95. The van der Waals surface area contributed by atoms with Gasteiger partial charge in [0.15, 0.2) is 0 Å². The van der Waals surface area contributed by atoms with Gasteiger partial charge in [-0.15, -0.1) is 0 Å². The van der Waals surface area contributed by atoms with Crippen molar-refractivity contribution in [3.8, 4) is 5.75 Å². The zero-order valence-corrected chi connectivity index (χ0v) is 7.57. The van der Waals surface area contributed by atoms with E-state index in [2.05, 4.69) is 9.72 Å². The normalized spacial score (nSPS) is 9.67. The second-order valence-corrected chi connectivity index (χ2v) is 2.95. The number of methoxy groups -OCH3 is 1. The Morgan fingerprint density at radius 3 is 2.80 bits per heavy atom. The van der Waals surface area contributed by atoms with Crippen molar-refractivity contribution in [2.24, 2.45) is 0 Å². The van der Waals surface area contributed by atoms with Gasteiger partial charge in [0, 0.05) is 10.9 Å². The maximum absolute atomic E-state index is 11.2. The van der Waals surface area contributed by atoms with Gasteiger partial charge in [0.1, 0.15) is 11.4 Å². The van der Waals surface area contributed by atoms with Gasteiger partial charge in [-0.05, 0) is 24.3 Å². The van der Waals surface area contributed by atoms with Crippen molar-refractivity contribution in [1.29, 1.82) is 0 Å². The van der Waals surface area contributed by atoms with Gasteiger partial charge in [0.2, 0.25) is 0 Å². The molecule has 1 heterocycles. The van der Waals surface area contributed by atoms with E-state index in [1.165, 1.54) is 7.11 Å². The highest BCUT2D eigenvalue weighted by atomic mass is 16.5. The molecule has 0 atom stereocenters. The molecule has 2 N–H and O–H groups in total. The predicted octanol–water partition coefficient (Wildman–Crippen LogP) is 2.30. The molecule has 0 aliphatic rings. The maximum atomic E-state index is 11.2. The number of rotatable bonds is 1. The SMILES string of the molecule is C.COC(=O)c1cc2cc(O)ccc2[nH]1. The Morgan fingerprint density at radius 1 is 1.40 bits per heavy atom. The fraction of sp³-hybridized carbons (Fsp3) is 0.182. The second kappa shape index (κ2) is 4.04. The van der Waals surface area contributed by atoms with Gasteiger partial charge in [-0.1, -0.05) is 7.43 Å². The van der Waals surface area contributed by atoms with Crippen LogP contribution >= 0.6 is 0 Å². The number of ether oxygens (including phenoxy) is 1. The minimum Gasteiger partial charge on any atom is -0.508 e. The molecular formula is C11H13NO3. The Hall–Kier alpha value is -1.97. The molecule has 0 saturated carbocycles. The van der Waals surface area contributed by atoms with Crippen molar-refractivity contribution in [1.82, 2.24) is 4.98 Å². The smallest absolute Gasteiger partial charge is 0.354 e. The van der Waals surface area contributed by atoms with Crippen molar-refractivity contribution >= 4 is 16.9 Å². The summed E-state index contributed by atoms with van der Waals surface area (Å²) < 4.78 is 4.56. The minimum absolute atomic E-state index is 0. The molecule has 0 amide bonds. The molecule has 4 nitrogen and oxygen atoms in total. The highest BCUT2D eigenvalue weighted by Gasteiger charge is 2.08. The van der Waals surface area contributed by atoms with Crippen LogP contribution in [-0.4, -0.2) is 23.2 Å². The summed E-state index contributed by atoms with van der Waals surface area (Å²) in [5.74, 6) is -0.242. The largest absolute Gasteiger partial charge is 0.508 e. The fourth-order valence-electron chi connectivity index (χ4n) is 1.34. The van der Waals surface area contributed by atoms with Gasteiger partial charge in [-0.25, -0.2) is 4.79 Å². The number of phenolic OH excluding ortho intramolecular Hbond substituents is 1. The molecule has 1 aromatic heterocycles. The molecule has 0 fully saturated rings. The van der Waals surface area contributed by atoms with Gasteiger partial charge in [-0.3, -0.25) is 0 Å². The van der Waals surface area contributed by atoms with Crippen LogP contribution in [0.15, 0.2) is 24.3 Å². The Labute approximate surface area is 87.5 Å². The topological polar surface area (TPSA) is 62.3 Å². The number of esters is 1. The Morgan fingerprint density at radius 2 is 2.13 bits per heavy atom. The first-order valence-corrected chi connectivity index (χ1v) is 4.11. The van der Waals surface area contributed by atoms with Crippen LogP contribution < -0.4 is 0 Å². The Bertz CT molecular complexity index is 488. The average Bonchev–Trinajstić information content (AvgIpc) is 2.59. The minimum atomic E-state index is -0.416. The van der Waals surface area contributed by atoms with Gasteiger partial charge >= 0.3 is 5.97 Å². The van der Waals surface area contributed by atoms with Crippen LogP contribution in [0.2, 0.25) is 0 Å². The number of benzene rings is 1. The molecule has 80 valence electrons. The number of H-pyrrole nitrogens is 1. The Kier molecular flexibility index (Phi) is 2.99. The van der Waals surface area contributed by atoms with E-state index in [0.29, 0.717) is 5.69 Å². The fourth-order valence-corrected chi connectivity index (χ4v) is 1.34. The van der Waals surface area contributed by atoms with Crippen molar-refractivity contribution in [3.63, 3.8) is 0 Å². The van der Waals surface area contributed by atoms with Crippen LogP contribution in [-0.2, 0) is 4.74 Å². The molecular weight excluding hydrogens is 194 g/mol. The standard InChI is InChI=1S/C10H9NO3.CH4/c1-14-10(13)9-5-6-4-7(12)2-3-8(6)11-9;/h2-5,11-12H,1H3;1H4. The van der Waals surface area contributed by atoms with Gasteiger partial charge in [0.25, 0.3) is 0 Å². The maximum Gasteiger partial charge on any atom is 0.354 e. The lowest BCUT2D eigenvalue weighted by atomic mass is 10.2. The van der Waals surface area contributed by atoms with E-state index in [0.717, 1.165) is 10.9 Å². The predicted molar refractivity (Wildman–Crippen MR) is 58.0 cm³/mol.